The van der Waals surface area contributed by atoms with E-state index in [0.29, 0.717) is 17.5 Å². The van der Waals surface area contributed by atoms with E-state index in [1.807, 2.05) is 19.9 Å². The fourth-order valence-electron chi connectivity index (χ4n) is 1.70. The van der Waals surface area contributed by atoms with Gasteiger partial charge in [0.05, 0.1) is 12.4 Å². The number of hydrogen-bond acceptors (Lipinski definition) is 6. The largest absolute Gasteiger partial charge is 0.465 e. The average molecular weight is 294 g/mol. The van der Waals surface area contributed by atoms with Crippen molar-refractivity contribution in [2.75, 3.05) is 12.4 Å². The van der Waals surface area contributed by atoms with Crippen molar-refractivity contribution in [1.29, 1.82) is 0 Å². The third kappa shape index (κ3) is 3.69. The number of aryl methyl sites for hydroxylation is 2. The van der Waals surface area contributed by atoms with Crippen LogP contribution >= 0.6 is 11.8 Å². The Balaban J connectivity index is 1.97. The van der Waals surface area contributed by atoms with Crippen LogP contribution in [-0.4, -0.2) is 37.9 Å². The van der Waals surface area contributed by atoms with Gasteiger partial charge >= 0.3 is 5.97 Å². The lowest BCUT2D eigenvalue weighted by Gasteiger charge is -2.01. The number of nitrogens with zero attached hydrogens (tertiary/aromatic N) is 4. The van der Waals surface area contributed by atoms with Crippen molar-refractivity contribution in [2.45, 2.75) is 38.8 Å². The Morgan fingerprint density at radius 3 is 2.95 bits per heavy atom. The van der Waals surface area contributed by atoms with E-state index in [2.05, 4.69) is 22.0 Å². The number of ether oxygens (including phenoxy) is 1. The molecule has 0 N–H and O–H groups in total. The van der Waals surface area contributed by atoms with Crippen LogP contribution in [0, 0.1) is 13.8 Å². The third-order valence-electron chi connectivity index (χ3n) is 2.68. The summed E-state index contributed by atoms with van der Waals surface area (Å²) in [5, 5.41) is 4.86. The van der Waals surface area contributed by atoms with Crippen molar-refractivity contribution in [1.82, 2.24) is 19.6 Å². The fraction of sp³-hybridized carbons (Fsp3) is 0.538. The molecule has 0 spiro atoms. The Morgan fingerprint density at radius 2 is 2.20 bits per heavy atom. The van der Waals surface area contributed by atoms with Gasteiger partial charge in [-0.15, -0.1) is 5.10 Å². The predicted molar refractivity (Wildman–Crippen MR) is 76.8 cm³/mol. The van der Waals surface area contributed by atoms with Crippen LogP contribution in [0.5, 0.6) is 0 Å². The van der Waals surface area contributed by atoms with Crippen LogP contribution in [0.15, 0.2) is 11.2 Å². The molecular weight excluding hydrogens is 276 g/mol. The molecule has 0 aliphatic heterocycles. The highest BCUT2D eigenvalue weighted by Gasteiger charge is 2.11. The van der Waals surface area contributed by atoms with Gasteiger partial charge in [0.15, 0.2) is 0 Å². The van der Waals surface area contributed by atoms with E-state index in [0.717, 1.165) is 24.2 Å². The van der Waals surface area contributed by atoms with Crippen molar-refractivity contribution in [2.24, 2.45) is 0 Å². The monoisotopic (exact) mass is 294 g/mol. The lowest BCUT2D eigenvalue weighted by atomic mass is 10.4. The molecule has 0 aliphatic carbocycles. The number of thioether (sulfide) groups is 1. The van der Waals surface area contributed by atoms with Gasteiger partial charge in [0, 0.05) is 11.4 Å². The highest BCUT2D eigenvalue weighted by molar-refractivity contribution is 7.99. The van der Waals surface area contributed by atoms with Crippen LogP contribution in [0.1, 0.15) is 31.2 Å². The summed E-state index contributed by atoms with van der Waals surface area (Å²) >= 11 is 1.27. The maximum Gasteiger partial charge on any atom is 0.316 e. The summed E-state index contributed by atoms with van der Waals surface area (Å²) in [6.07, 6.45) is 1.91. The Labute approximate surface area is 121 Å². The molecule has 0 amide bonds. The Kier molecular flexibility index (Phi) is 4.94. The van der Waals surface area contributed by atoms with Gasteiger partial charge in [-0.3, -0.25) is 4.79 Å². The standard InChI is InChI=1S/C13H18N4O2S/c1-4-5-6-19-11(18)8-20-13-15-12-14-9(2)7-10(3)17(12)16-13/h7H,4-6,8H2,1-3H3. The molecule has 2 aromatic heterocycles. The SMILES string of the molecule is CCCCOC(=O)CSc1nc2nc(C)cc(C)n2n1. The van der Waals surface area contributed by atoms with E-state index in [4.69, 9.17) is 4.74 Å². The zero-order valence-electron chi connectivity index (χ0n) is 11.9. The Hall–Kier alpha value is -1.63. The normalized spacial score (nSPS) is 10.9. The van der Waals surface area contributed by atoms with Crippen molar-refractivity contribution >= 4 is 23.5 Å². The zero-order chi connectivity index (χ0) is 14.5. The molecule has 0 bridgehead atoms. The molecule has 20 heavy (non-hydrogen) atoms. The van der Waals surface area contributed by atoms with Crippen LogP contribution in [-0.2, 0) is 9.53 Å². The number of carbonyl (C=O) groups is 1. The van der Waals surface area contributed by atoms with Gasteiger partial charge in [-0.05, 0) is 26.3 Å². The first-order valence-corrected chi connectivity index (χ1v) is 7.58. The molecular formula is C13H18N4O2S. The highest BCUT2D eigenvalue weighted by Crippen LogP contribution is 2.15. The smallest absolute Gasteiger partial charge is 0.316 e. The van der Waals surface area contributed by atoms with Gasteiger partial charge in [0.2, 0.25) is 5.16 Å². The molecule has 2 heterocycles. The quantitative estimate of drug-likeness (QED) is 0.462. The summed E-state index contributed by atoms with van der Waals surface area (Å²) in [6.45, 7) is 6.40. The van der Waals surface area contributed by atoms with E-state index < -0.39 is 0 Å². The first-order chi connectivity index (χ1) is 9.60. The summed E-state index contributed by atoms with van der Waals surface area (Å²) < 4.78 is 6.76. The zero-order valence-corrected chi connectivity index (χ0v) is 12.7. The van der Waals surface area contributed by atoms with Crippen LogP contribution in [0.25, 0.3) is 5.78 Å². The molecule has 2 rings (SSSR count). The van der Waals surface area contributed by atoms with E-state index in [1.165, 1.54) is 11.8 Å². The van der Waals surface area contributed by atoms with Gasteiger partial charge in [-0.1, -0.05) is 25.1 Å². The fourth-order valence-corrected chi connectivity index (χ4v) is 2.32. The lowest BCUT2D eigenvalue weighted by molar-refractivity contribution is -0.140. The molecule has 6 nitrogen and oxygen atoms in total. The molecule has 0 unspecified atom stereocenters. The van der Waals surface area contributed by atoms with Gasteiger partial charge in [0.25, 0.3) is 5.78 Å². The second-order valence-electron chi connectivity index (χ2n) is 4.51. The van der Waals surface area contributed by atoms with E-state index in [1.54, 1.807) is 4.52 Å². The minimum Gasteiger partial charge on any atom is -0.465 e. The second kappa shape index (κ2) is 6.69. The van der Waals surface area contributed by atoms with Crippen molar-refractivity contribution in [3.05, 3.63) is 17.5 Å². The van der Waals surface area contributed by atoms with Crippen LogP contribution in [0.3, 0.4) is 0 Å². The Morgan fingerprint density at radius 1 is 1.40 bits per heavy atom. The summed E-state index contributed by atoms with van der Waals surface area (Å²) in [5.41, 5.74) is 1.87. The molecule has 0 saturated heterocycles. The summed E-state index contributed by atoms with van der Waals surface area (Å²) in [6, 6.07) is 1.94. The third-order valence-corrected chi connectivity index (χ3v) is 3.49. The summed E-state index contributed by atoms with van der Waals surface area (Å²) in [4.78, 5) is 20.1. The number of carbonyl (C=O) groups excluding carboxylic acids is 1. The van der Waals surface area contributed by atoms with E-state index in [-0.39, 0.29) is 11.7 Å². The highest BCUT2D eigenvalue weighted by atomic mass is 32.2. The summed E-state index contributed by atoms with van der Waals surface area (Å²) in [5.74, 6) is 0.547. The van der Waals surface area contributed by atoms with Crippen molar-refractivity contribution in [3.63, 3.8) is 0 Å². The minimum absolute atomic E-state index is 0.221. The van der Waals surface area contributed by atoms with Crippen LogP contribution < -0.4 is 0 Å². The van der Waals surface area contributed by atoms with Crippen LogP contribution in [0.4, 0.5) is 0 Å². The van der Waals surface area contributed by atoms with Gasteiger partial charge in [-0.2, -0.15) is 4.98 Å². The first kappa shape index (κ1) is 14.8. The molecule has 0 fully saturated rings. The number of aromatic nitrogens is 4. The van der Waals surface area contributed by atoms with Crippen molar-refractivity contribution in [3.8, 4) is 0 Å². The molecule has 0 aromatic carbocycles. The molecule has 0 aliphatic rings. The minimum atomic E-state index is -0.233. The Bertz CT molecular complexity index is 612. The number of unbranched alkanes of at least 4 members (excludes halogenated alkanes) is 1. The molecule has 0 atom stereocenters. The topological polar surface area (TPSA) is 69.4 Å². The van der Waals surface area contributed by atoms with Gasteiger partial charge < -0.3 is 4.74 Å². The van der Waals surface area contributed by atoms with E-state index >= 15 is 0 Å². The molecule has 2 aromatic rings. The van der Waals surface area contributed by atoms with Crippen LogP contribution in [0.2, 0.25) is 0 Å². The van der Waals surface area contributed by atoms with Gasteiger partial charge in [0.1, 0.15) is 0 Å². The summed E-state index contributed by atoms with van der Waals surface area (Å²) in [7, 11) is 0. The van der Waals surface area contributed by atoms with E-state index in [9.17, 15) is 4.79 Å². The lowest BCUT2D eigenvalue weighted by Crippen LogP contribution is -2.08. The maximum absolute atomic E-state index is 11.5. The molecule has 0 radical (unpaired) electrons. The molecule has 7 heteroatoms. The number of rotatable bonds is 6. The number of fused-ring (bicyclic) bond motifs is 1. The number of hydrogen-bond donors (Lipinski definition) is 0. The maximum atomic E-state index is 11.5. The molecule has 0 saturated carbocycles. The predicted octanol–water partition coefficient (Wildman–Crippen LogP) is 2.18. The molecule has 108 valence electrons. The second-order valence-corrected chi connectivity index (χ2v) is 5.45. The first-order valence-electron chi connectivity index (χ1n) is 6.59. The van der Waals surface area contributed by atoms with Crippen molar-refractivity contribution < 1.29 is 9.53 Å². The van der Waals surface area contributed by atoms with Gasteiger partial charge in [-0.25, -0.2) is 9.50 Å². The number of esters is 1. The average Bonchev–Trinajstić information content (AvgIpc) is 2.80.